The first kappa shape index (κ1) is 12.0. The Labute approximate surface area is 112 Å². The Morgan fingerprint density at radius 1 is 1.28 bits per heavy atom. The molecule has 2 unspecified atom stereocenters. The van der Waals surface area contributed by atoms with Gasteiger partial charge < -0.3 is 10.6 Å². The number of nitrogens with zero attached hydrogens (tertiary/aromatic N) is 4. The van der Waals surface area contributed by atoms with Crippen LogP contribution in [0.25, 0.3) is 0 Å². The van der Waals surface area contributed by atoms with E-state index in [0.29, 0.717) is 22.9 Å². The first-order valence-electron chi connectivity index (χ1n) is 6.39. The van der Waals surface area contributed by atoms with Gasteiger partial charge in [0.05, 0.1) is 0 Å². The van der Waals surface area contributed by atoms with Crippen LogP contribution in [0.1, 0.15) is 19.3 Å². The number of hydrogen-bond donors (Lipinski definition) is 1. The van der Waals surface area contributed by atoms with Crippen LogP contribution in [0.3, 0.4) is 0 Å². The maximum Gasteiger partial charge on any atom is 0.157 e. The van der Waals surface area contributed by atoms with Gasteiger partial charge in [-0.2, -0.15) is 0 Å². The van der Waals surface area contributed by atoms with E-state index in [1.54, 1.807) is 0 Å². The molecule has 0 radical (unpaired) electrons. The molecule has 3 heterocycles. The molecular weight excluding hydrogens is 250 g/mol. The van der Waals surface area contributed by atoms with Crippen molar-refractivity contribution in [2.24, 2.45) is 0 Å². The van der Waals surface area contributed by atoms with Crippen LogP contribution in [0.2, 0.25) is 5.15 Å². The van der Waals surface area contributed by atoms with Crippen LogP contribution in [0.15, 0.2) is 6.33 Å². The van der Waals surface area contributed by atoms with Gasteiger partial charge in [0.15, 0.2) is 11.0 Å². The monoisotopic (exact) mass is 267 g/mol. The highest BCUT2D eigenvalue weighted by molar-refractivity contribution is 6.32. The van der Waals surface area contributed by atoms with Gasteiger partial charge in [0.1, 0.15) is 12.0 Å². The van der Waals surface area contributed by atoms with Crippen molar-refractivity contribution in [3.05, 3.63) is 11.5 Å². The molecule has 0 aromatic carbocycles. The molecule has 1 aromatic rings. The van der Waals surface area contributed by atoms with E-state index < -0.39 is 0 Å². The minimum Gasteiger partial charge on any atom is -0.393 e. The summed E-state index contributed by atoms with van der Waals surface area (Å²) in [6.07, 6.45) is 5.22. The van der Waals surface area contributed by atoms with Crippen molar-refractivity contribution >= 4 is 23.1 Å². The van der Waals surface area contributed by atoms with E-state index in [2.05, 4.69) is 26.8 Å². The molecule has 2 aliphatic rings. The zero-order valence-corrected chi connectivity index (χ0v) is 11.3. The normalized spacial score (nSPS) is 28.4. The van der Waals surface area contributed by atoms with Crippen molar-refractivity contribution in [2.45, 2.75) is 31.3 Å². The number of anilines is 2. The molecule has 2 N–H and O–H groups in total. The Morgan fingerprint density at radius 3 is 2.89 bits per heavy atom. The topological polar surface area (TPSA) is 58.3 Å². The van der Waals surface area contributed by atoms with Gasteiger partial charge >= 0.3 is 0 Å². The van der Waals surface area contributed by atoms with Crippen molar-refractivity contribution in [1.82, 2.24) is 14.9 Å². The van der Waals surface area contributed by atoms with Crippen LogP contribution in [0.4, 0.5) is 11.5 Å². The predicted molar refractivity (Wildman–Crippen MR) is 72.9 cm³/mol. The fourth-order valence-electron chi connectivity index (χ4n) is 3.12. The van der Waals surface area contributed by atoms with E-state index >= 15 is 0 Å². The Kier molecular flexibility index (Phi) is 3.03. The van der Waals surface area contributed by atoms with Gasteiger partial charge in [0.25, 0.3) is 0 Å². The second-order valence-electron chi connectivity index (χ2n) is 5.19. The molecule has 6 heteroatoms. The van der Waals surface area contributed by atoms with E-state index in [-0.39, 0.29) is 0 Å². The van der Waals surface area contributed by atoms with Crippen LogP contribution in [0, 0.1) is 0 Å². The van der Waals surface area contributed by atoms with Crippen LogP contribution >= 0.6 is 11.6 Å². The fourth-order valence-corrected chi connectivity index (χ4v) is 3.25. The lowest BCUT2D eigenvalue weighted by Crippen LogP contribution is -2.37. The molecular formula is C12H18ClN5. The summed E-state index contributed by atoms with van der Waals surface area (Å²) >= 11 is 5.97. The second kappa shape index (κ2) is 4.55. The van der Waals surface area contributed by atoms with Gasteiger partial charge in [-0.3, -0.25) is 4.90 Å². The number of hydrogen-bond acceptors (Lipinski definition) is 5. The summed E-state index contributed by atoms with van der Waals surface area (Å²) < 4.78 is 0. The molecule has 2 atom stereocenters. The van der Waals surface area contributed by atoms with Gasteiger partial charge in [-0.25, -0.2) is 9.97 Å². The number of likely N-dealkylation sites (N-methyl/N-ethyl adjacent to an activating group) is 1. The number of fused-ring (bicyclic) bond motifs is 2. The number of nitrogen functional groups attached to an aromatic ring is 1. The molecule has 0 amide bonds. The van der Waals surface area contributed by atoms with Gasteiger partial charge in [0, 0.05) is 25.2 Å². The van der Waals surface area contributed by atoms with E-state index in [1.165, 1.54) is 19.2 Å². The summed E-state index contributed by atoms with van der Waals surface area (Å²) in [5, 5.41) is 0.350. The van der Waals surface area contributed by atoms with E-state index in [1.807, 2.05) is 0 Å². The third-order valence-corrected chi connectivity index (χ3v) is 4.56. The Bertz CT molecular complexity index is 452. The van der Waals surface area contributed by atoms with Crippen molar-refractivity contribution in [3.63, 3.8) is 0 Å². The van der Waals surface area contributed by atoms with Gasteiger partial charge in [-0.15, -0.1) is 0 Å². The molecule has 0 aliphatic carbocycles. The molecule has 18 heavy (non-hydrogen) atoms. The lowest BCUT2D eigenvalue weighted by molar-refractivity contribution is 0.254. The zero-order valence-electron chi connectivity index (χ0n) is 10.5. The van der Waals surface area contributed by atoms with Crippen LogP contribution in [0.5, 0.6) is 0 Å². The molecule has 0 saturated carbocycles. The largest absolute Gasteiger partial charge is 0.393 e. The second-order valence-corrected chi connectivity index (χ2v) is 5.54. The van der Waals surface area contributed by atoms with Gasteiger partial charge in [-0.1, -0.05) is 11.6 Å². The van der Waals surface area contributed by atoms with E-state index in [9.17, 15) is 0 Å². The summed E-state index contributed by atoms with van der Waals surface area (Å²) in [6, 6.07) is 1.31. The fraction of sp³-hybridized carbons (Fsp3) is 0.667. The van der Waals surface area contributed by atoms with Crippen molar-refractivity contribution in [3.8, 4) is 0 Å². The number of aromatic nitrogens is 2. The first-order valence-corrected chi connectivity index (χ1v) is 6.77. The minimum absolute atomic E-state index is 0.350. The Hall–Kier alpha value is -1.07. The highest BCUT2D eigenvalue weighted by Crippen LogP contribution is 2.33. The number of rotatable bonds is 1. The molecule has 3 rings (SSSR count). The summed E-state index contributed by atoms with van der Waals surface area (Å²) in [7, 11) is 2.22. The SMILES string of the molecule is CN1C2CCC1CN(c1ncnc(Cl)c1N)CC2. The zero-order chi connectivity index (χ0) is 12.7. The molecule has 0 spiro atoms. The molecule has 98 valence electrons. The van der Waals surface area contributed by atoms with E-state index in [0.717, 1.165) is 25.3 Å². The van der Waals surface area contributed by atoms with Crippen LogP contribution in [-0.2, 0) is 0 Å². The Balaban J connectivity index is 1.87. The maximum absolute atomic E-state index is 5.98. The highest BCUT2D eigenvalue weighted by atomic mass is 35.5. The molecule has 2 fully saturated rings. The maximum atomic E-state index is 5.98. The Morgan fingerprint density at radius 2 is 2.06 bits per heavy atom. The smallest absolute Gasteiger partial charge is 0.157 e. The number of nitrogens with two attached hydrogens (primary N) is 1. The quantitative estimate of drug-likeness (QED) is 0.779. The minimum atomic E-state index is 0.350. The summed E-state index contributed by atoms with van der Waals surface area (Å²) in [6.45, 7) is 1.97. The van der Waals surface area contributed by atoms with E-state index in [4.69, 9.17) is 17.3 Å². The standard InChI is InChI=1S/C12H18ClN5/c1-17-8-2-3-9(17)6-18(5-4-8)12-10(14)11(13)15-7-16-12/h7-9H,2-6,14H2,1H3. The van der Waals surface area contributed by atoms with Crippen molar-refractivity contribution in [2.75, 3.05) is 30.8 Å². The molecule has 1 aromatic heterocycles. The van der Waals surface area contributed by atoms with Crippen molar-refractivity contribution in [1.29, 1.82) is 0 Å². The lowest BCUT2D eigenvalue weighted by atomic mass is 10.1. The molecule has 2 bridgehead atoms. The summed E-state index contributed by atoms with van der Waals surface area (Å²) in [4.78, 5) is 13.0. The lowest BCUT2D eigenvalue weighted by Gasteiger charge is -2.27. The summed E-state index contributed by atoms with van der Waals surface area (Å²) in [5.74, 6) is 0.788. The third kappa shape index (κ3) is 1.91. The number of halogens is 1. The summed E-state index contributed by atoms with van der Waals surface area (Å²) in [5.41, 5.74) is 6.48. The van der Waals surface area contributed by atoms with Crippen molar-refractivity contribution < 1.29 is 0 Å². The molecule has 2 saturated heterocycles. The first-order chi connectivity index (χ1) is 8.66. The molecule has 5 nitrogen and oxygen atoms in total. The van der Waals surface area contributed by atoms with Crippen LogP contribution in [-0.4, -0.2) is 47.1 Å². The predicted octanol–water partition coefficient (Wildman–Crippen LogP) is 1.39. The van der Waals surface area contributed by atoms with Gasteiger partial charge in [-0.05, 0) is 26.3 Å². The van der Waals surface area contributed by atoms with Gasteiger partial charge in [0.2, 0.25) is 0 Å². The average Bonchev–Trinajstić information content (AvgIpc) is 2.58. The van der Waals surface area contributed by atoms with Crippen LogP contribution < -0.4 is 10.6 Å². The third-order valence-electron chi connectivity index (χ3n) is 4.26. The average molecular weight is 268 g/mol. The highest BCUT2D eigenvalue weighted by Gasteiger charge is 2.35. The molecule has 2 aliphatic heterocycles.